The molecule has 3 heterocycles. The predicted molar refractivity (Wildman–Crippen MR) is 155 cm³/mol. The summed E-state index contributed by atoms with van der Waals surface area (Å²) < 4.78 is 5.95. The van der Waals surface area contributed by atoms with Gasteiger partial charge >= 0.3 is 0 Å². The number of aromatic nitrogens is 3. The van der Waals surface area contributed by atoms with Crippen LogP contribution in [-0.4, -0.2) is 50.7 Å². The van der Waals surface area contributed by atoms with Crippen molar-refractivity contribution >= 4 is 40.1 Å². The predicted octanol–water partition coefficient (Wildman–Crippen LogP) is 6.33. The molecule has 1 atom stereocenters. The highest BCUT2D eigenvalue weighted by molar-refractivity contribution is 6.31. The number of Topliss-reactive ketones (excluding diaryl/α,β-unsaturated/α-hetero) is 1. The molecule has 40 heavy (non-hydrogen) atoms. The first-order valence-corrected chi connectivity index (χ1v) is 14.2. The molecule has 0 bridgehead atoms. The number of aromatic amines is 1. The lowest BCUT2D eigenvalue weighted by molar-refractivity contribution is -0.136. The summed E-state index contributed by atoms with van der Waals surface area (Å²) in [5.41, 5.74) is 2.80. The first kappa shape index (κ1) is 26.3. The van der Waals surface area contributed by atoms with Crippen molar-refractivity contribution in [2.75, 3.05) is 18.4 Å². The number of fused-ring (bicyclic) bond motifs is 1. The number of H-pyrrole nitrogens is 1. The highest BCUT2D eigenvalue weighted by Crippen LogP contribution is 2.38. The fourth-order valence-corrected chi connectivity index (χ4v) is 6.06. The summed E-state index contributed by atoms with van der Waals surface area (Å²) >= 11 is 6.76. The number of benzene rings is 2. The fourth-order valence-electron chi connectivity index (χ4n) is 5.72. The first-order valence-electron chi connectivity index (χ1n) is 13.8. The lowest BCUT2D eigenvalue weighted by Crippen LogP contribution is -2.43. The van der Waals surface area contributed by atoms with Crippen molar-refractivity contribution in [1.82, 2.24) is 19.9 Å². The van der Waals surface area contributed by atoms with Gasteiger partial charge in [0.1, 0.15) is 35.1 Å². The van der Waals surface area contributed by atoms with Crippen LogP contribution in [0.25, 0.3) is 11.0 Å². The van der Waals surface area contributed by atoms with Crippen molar-refractivity contribution < 1.29 is 14.3 Å². The Morgan fingerprint density at radius 3 is 2.60 bits per heavy atom. The number of nitrogens with one attached hydrogen (secondary N) is 2. The van der Waals surface area contributed by atoms with E-state index in [1.807, 2.05) is 59.6 Å². The summed E-state index contributed by atoms with van der Waals surface area (Å²) in [5, 5.41) is 5.21. The summed E-state index contributed by atoms with van der Waals surface area (Å²) in [5.74, 6) is 2.88. The Morgan fingerprint density at radius 1 is 1.10 bits per heavy atom. The molecule has 4 aromatic rings. The van der Waals surface area contributed by atoms with Crippen molar-refractivity contribution in [2.45, 2.75) is 51.0 Å². The minimum absolute atomic E-state index is 0.0172. The Labute approximate surface area is 238 Å². The van der Waals surface area contributed by atoms with E-state index in [2.05, 4.69) is 27.2 Å². The summed E-state index contributed by atoms with van der Waals surface area (Å²) in [4.78, 5) is 38.2. The minimum atomic E-state index is -0.0172. The molecule has 1 aliphatic carbocycles. The van der Waals surface area contributed by atoms with E-state index in [1.54, 1.807) is 6.33 Å². The van der Waals surface area contributed by atoms with Gasteiger partial charge in [-0.1, -0.05) is 42.8 Å². The molecule has 206 valence electrons. The van der Waals surface area contributed by atoms with Gasteiger partial charge < -0.3 is 19.9 Å². The van der Waals surface area contributed by atoms with E-state index in [4.69, 9.17) is 16.3 Å². The number of halogens is 1. The molecule has 1 saturated carbocycles. The average Bonchev–Trinajstić information content (AvgIpc) is 3.38. The number of nitrogens with zero attached hydrogens (tertiary/aromatic N) is 3. The Kier molecular flexibility index (Phi) is 7.43. The second-order valence-corrected chi connectivity index (χ2v) is 11.2. The number of ether oxygens (including phenoxy) is 1. The van der Waals surface area contributed by atoms with Crippen LogP contribution in [0.2, 0.25) is 5.02 Å². The molecule has 9 heteroatoms. The lowest BCUT2D eigenvalue weighted by Gasteiger charge is -2.34. The van der Waals surface area contributed by atoms with Gasteiger partial charge in [-0.2, -0.15) is 0 Å². The summed E-state index contributed by atoms with van der Waals surface area (Å²) in [6, 6.07) is 15.6. The quantitative estimate of drug-likeness (QED) is 0.263. The van der Waals surface area contributed by atoms with E-state index in [0.717, 1.165) is 46.6 Å². The number of carbonyl (C=O) groups is 2. The smallest absolute Gasteiger partial charge is 0.222 e. The zero-order valence-electron chi connectivity index (χ0n) is 22.4. The third-order valence-electron chi connectivity index (χ3n) is 8.07. The van der Waals surface area contributed by atoms with Gasteiger partial charge in [0.2, 0.25) is 5.91 Å². The largest absolute Gasteiger partial charge is 0.457 e. The van der Waals surface area contributed by atoms with Gasteiger partial charge in [-0.25, -0.2) is 9.97 Å². The number of para-hydroxylation sites is 1. The van der Waals surface area contributed by atoms with Crippen molar-refractivity contribution in [3.8, 4) is 11.5 Å². The van der Waals surface area contributed by atoms with Gasteiger partial charge in [-0.3, -0.25) is 9.59 Å². The van der Waals surface area contributed by atoms with Crippen LogP contribution in [0.4, 0.5) is 5.82 Å². The minimum Gasteiger partial charge on any atom is -0.457 e. The number of piperidine rings is 1. The van der Waals surface area contributed by atoms with Crippen molar-refractivity contribution in [3.63, 3.8) is 0 Å². The maximum absolute atomic E-state index is 12.7. The van der Waals surface area contributed by atoms with Crippen LogP contribution in [-0.2, 0) is 9.59 Å². The van der Waals surface area contributed by atoms with Gasteiger partial charge in [0, 0.05) is 55.5 Å². The normalized spacial score (nSPS) is 17.1. The van der Waals surface area contributed by atoms with Crippen molar-refractivity contribution in [1.29, 1.82) is 0 Å². The number of anilines is 1. The van der Waals surface area contributed by atoms with Gasteiger partial charge in [0.15, 0.2) is 0 Å². The molecule has 2 aromatic carbocycles. The van der Waals surface area contributed by atoms with Gasteiger partial charge in [0.25, 0.3) is 0 Å². The SMILES string of the molecule is CC(c1ccc(Oc2ccccc2)cc1Cl)c1c[nH]c2ncnc(NC3CCN(C(=O)CC4CC(=O)C4)CC3)c12. The Morgan fingerprint density at radius 2 is 1.88 bits per heavy atom. The van der Waals surface area contributed by atoms with Crippen LogP contribution < -0.4 is 10.1 Å². The number of carbonyl (C=O) groups excluding carboxylic acids is 2. The lowest BCUT2D eigenvalue weighted by atomic mass is 9.81. The molecule has 2 fully saturated rings. The summed E-state index contributed by atoms with van der Waals surface area (Å²) in [6.07, 6.45) is 6.82. The topological polar surface area (TPSA) is 100 Å². The van der Waals surface area contributed by atoms with E-state index in [9.17, 15) is 9.59 Å². The van der Waals surface area contributed by atoms with Crippen LogP contribution in [0, 0.1) is 5.92 Å². The van der Waals surface area contributed by atoms with E-state index in [-0.39, 0.29) is 29.6 Å². The number of amides is 1. The molecule has 0 spiro atoms. The van der Waals surface area contributed by atoms with Crippen LogP contribution in [0.5, 0.6) is 11.5 Å². The number of ketones is 1. The summed E-state index contributed by atoms with van der Waals surface area (Å²) in [6.45, 7) is 3.53. The van der Waals surface area contributed by atoms with Crippen LogP contribution in [0.15, 0.2) is 61.1 Å². The molecule has 2 aromatic heterocycles. The molecule has 1 saturated heterocycles. The monoisotopic (exact) mass is 557 g/mol. The second-order valence-electron chi connectivity index (χ2n) is 10.8. The molecule has 6 rings (SSSR count). The number of rotatable bonds is 8. The fraction of sp³-hybridized carbons (Fsp3) is 0.355. The molecule has 1 aliphatic heterocycles. The van der Waals surface area contributed by atoms with Crippen molar-refractivity contribution in [3.05, 3.63) is 77.2 Å². The Hall–Kier alpha value is -3.91. The molecule has 1 unspecified atom stereocenters. The highest BCUT2D eigenvalue weighted by Gasteiger charge is 2.31. The zero-order valence-corrected chi connectivity index (χ0v) is 23.2. The van der Waals surface area contributed by atoms with Crippen LogP contribution in [0.3, 0.4) is 0 Å². The number of hydrogen-bond acceptors (Lipinski definition) is 6. The summed E-state index contributed by atoms with van der Waals surface area (Å²) in [7, 11) is 0. The third-order valence-corrected chi connectivity index (χ3v) is 8.40. The van der Waals surface area contributed by atoms with Crippen LogP contribution in [0.1, 0.15) is 56.1 Å². The van der Waals surface area contributed by atoms with Crippen molar-refractivity contribution in [2.24, 2.45) is 5.92 Å². The molecule has 8 nitrogen and oxygen atoms in total. The van der Waals surface area contributed by atoms with E-state index >= 15 is 0 Å². The maximum Gasteiger partial charge on any atom is 0.222 e. The van der Waals surface area contributed by atoms with E-state index in [1.165, 1.54) is 0 Å². The third kappa shape index (κ3) is 5.54. The highest BCUT2D eigenvalue weighted by atomic mass is 35.5. The maximum atomic E-state index is 12.7. The number of likely N-dealkylation sites (tertiary alicyclic amines) is 1. The standard InChI is InChI=1S/C31H32ClN5O3/c1-19(25-8-7-24(16-27(25)32)40-23-5-3-2-4-6-23)26-17-33-30-29(26)31(35-18-34-30)36-21-9-11-37(12-10-21)28(39)15-20-13-22(38)14-20/h2-8,16-21H,9-15H2,1H3,(H2,33,34,35,36). The first-order chi connectivity index (χ1) is 19.4. The number of hydrogen-bond donors (Lipinski definition) is 2. The van der Waals surface area contributed by atoms with Gasteiger partial charge in [-0.15, -0.1) is 0 Å². The Bertz CT molecular complexity index is 1520. The molecular weight excluding hydrogens is 526 g/mol. The molecule has 0 radical (unpaired) electrons. The Balaban J connectivity index is 1.15. The molecular formula is C31H32ClN5O3. The average molecular weight is 558 g/mol. The zero-order chi connectivity index (χ0) is 27.6. The van der Waals surface area contributed by atoms with Crippen LogP contribution >= 0.6 is 11.6 Å². The van der Waals surface area contributed by atoms with Gasteiger partial charge in [0.05, 0.1) is 5.39 Å². The second kappa shape index (κ2) is 11.3. The van der Waals surface area contributed by atoms with E-state index < -0.39 is 0 Å². The van der Waals surface area contributed by atoms with E-state index in [0.29, 0.717) is 43.1 Å². The molecule has 1 amide bonds. The molecule has 2 aliphatic rings. The van der Waals surface area contributed by atoms with Gasteiger partial charge in [-0.05, 0) is 54.2 Å². The molecule has 2 N–H and O–H groups in total.